The molecule has 4 rings (SSSR count). The lowest BCUT2D eigenvalue weighted by Gasteiger charge is -2.18. The van der Waals surface area contributed by atoms with Gasteiger partial charge in [0.25, 0.3) is 5.91 Å². The molecule has 1 atom stereocenters. The van der Waals surface area contributed by atoms with Crippen LogP contribution >= 0.6 is 0 Å². The minimum absolute atomic E-state index is 0.0687. The number of nitrogens with one attached hydrogen (secondary N) is 3. The van der Waals surface area contributed by atoms with Crippen molar-refractivity contribution in [1.82, 2.24) is 15.0 Å². The third-order valence-corrected chi connectivity index (χ3v) is 7.12. The molecule has 1 unspecified atom stereocenters. The van der Waals surface area contributed by atoms with Crippen LogP contribution in [0.1, 0.15) is 41.3 Å². The summed E-state index contributed by atoms with van der Waals surface area (Å²) in [7, 11) is -3.68. The van der Waals surface area contributed by atoms with Crippen molar-refractivity contribution in [2.24, 2.45) is 0 Å². The van der Waals surface area contributed by atoms with Crippen LogP contribution in [0.5, 0.6) is 0 Å². The number of para-hydroxylation sites is 1. The van der Waals surface area contributed by atoms with Gasteiger partial charge in [-0.3, -0.25) is 4.79 Å². The van der Waals surface area contributed by atoms with Gasteiger partial charge in [0.2, 0.25) is 10.0 Å². The van der Waals surface area contributed by atoms with Crippen molar-refractivity contribution in [1.29, 1.82) is 0 Å². The second-order valence-corrected chi connectivity index (χ2v) is 9.98. The molecule has 3 aromatic carbocycles. The van der Waals surface area contributed by atoms with Crippen LogP contribution in [0.15, 0.2) is 90.0 Å². The minimum Gasteiger partial charge on any atom is -0.361 e. The molecule has 0 aliphatic heterocycles. The minimum atomic E-state index is -3.68. The van der Waals surface area contributed by atoms with Crippen LogP contribution in [-0.4, -0.2) is 31.9 Å². The summed E-state index contributed by atoms with van der Waals surface area (Å²) in [5.41, 5.74) is 3.51. The first-order chi connectivity index (χ1) is 15.8. The molecule has 170 valence electrons. The Kier molecular flexibility index (Phi) is 6.62. The molecule has 0 radical (unpaired) electrons. The maximum atomic E-state index is 13.0. The van der Waals surface area contributed by atoms with E-state index in [1.165, 1.54) is 12.1 Å². The molecule has 0 aliphatic rings. The van der Waals surface area contributed by atoms with Crippen molar-refractivity contribution in [3.63, 3.8) is 0 Å². The maximum Gasteiger partial charge on any atom is 0.251 e. The smallest absolute Gasteiger partial charge is 0.251 e. The summed E-state index contributed by atoms with van der Waals surface area (Å²) in [6.45, 7) is 3.87. The van der Waals surface area contributed by atoms with Crippen molar-refractivity contribution >= 4 is 26.8 Å². The first kappa shape index (κ1) is 22.8. The molecule has 1 amide bonds. The van der Waals surface area contributed by atoms with Crippen LogP contribution in [0.2, 0.25) is 0 Å². The predicted octanol–water partition coefficient (Wildman–Crippen LogP) is 4.42. The largest absolute Gasteiger partial charge is 0.361 e. The molecule has 0 saturated heterocycles. The molecule has 0 saturated carbocycles. The molecule has 0 bridgehead atoms. The lowest BCUT2D eigenvalue weighted by Crippen LogP contribution is -2.31. The van der Waals surface area contributed by atoms with Crippen LogP contribution in [0, 0.1) is 0 Å². The standard InChI is InChI=1S/C26H27N3O3S/c1-18(2)29-33(31,32)21-12-8-11-20(15-21)26(30)28-16-23(19-9-4-3-5-10-19)24-17-27-25-14-7-6-13-22(24)25/h3-15,17-18,23,27,29H,16H2,1-2H3,(H,28,30). The lowest BCUT2D eigenvalue weighted by molar-refractivity contribution is 0.0952. The van der Waals surface area contributed by atoms with Gasteiger partial charge in [0.05, 0.1) is 4.90 Å². The Hall–Kier alpha value is -3.42. The number of sulfonamides is 1. The van der Waals surface area contributed by atoms with Crippen molar-refractivity contribution in [2.45, 2.75) is 30.7 Å². The Bertz CT molecular complexity index is 1360. The van der Waals surface area contributed by atoms with E-state index < -0.39 is 10.0 Å². The molecule has 1 heterocycles. The Morgan fingerprint density at radius 1 is 0.939 bits per heavy atom. The number of carbonyl (C=O) groups is 1. The van der Waals surface area contributed by atoms with Crippen molar-refractivity contribution in [2.75, 3.05) is 6.54 Å². The highest BCUT2D eigenvalue weighted by atomic mass is 32.2. The number of carbonyl (C=O) groups excluding carboxylic acids is 1. The van der Waals surface area contributed by atoms with Crippen LogP contribution in [-0.2, 0) is 10.0 Å². The van der Waals surface area contributed by atoms with E-state index in [1.54, 1.807) is 26.0 Å². The van der Waals surface area contributed by atoms with Gasteiger partial charge >= 0.3 is 0 Å². The average Bonchev–Trinajstić information content (AvgIpc) is 3.23. The highest BCUT2D eigenvalue weighted by Gasteiger charge is 2.21. The Balaban J connectivity index is 1.59. The lowest BCUT2D eigenvalue weighted by atomic mass is 9.91. The zero-order chi connectivity index (χ0) is 23.4. The number of H-pyrrole nitrogens is 1. The highest BCUT2D eigenvalue weighted by molar-refractivity contribution is 7.89. The summed E-state index contributed by atoms with van der Waals surface area (Å²) >= 11 is 0. The Labute approximate surface area is 194 Å². The highest BCUT2D eigenvalue weighted by Crippen LogP contribution is 2.30. The molecule has 0 fully saturated rings. The maximum absolute atomic E-state index is 13.0. The quantitative estimate of drug-likeness (QED) is 0.363. The fourth-order valence-corrected chi connectivity index (χ4v) is 5.25. The number of benzene rings is 3. The van der Waals surface area contributed by atoms with Gasteiger partial charge in [0, 0.05) is 41.2 Å². The van der Waals surface area contributed by atoms with E-state index in [-0.39, 0.29) is 22.8 Å². The number of amides is 1. The van der Waals surface area contributed by atoms with E-state index in [1.807, 2.05) is 54.7 Å². The summed E-state index contributed by atoms with van der Waals surface area (Å²) in [5.74, 6) is -0.391. The topological polar surface area (TPSA) is 91.1 Å². The third-order valence-electron chi connectivity index (χ3n) is 5.46. The Morgan fingerprint density at radius 2 is 1.67 bits per heavy atom. The second-order valence-electron chi connectivity index (χ2n) is 8.27. The fraction of sp³-hybridized carbons (Fsp3) is 0.192. The van der Waals surface area contributed by atoms with E-state index in [0.717, 1.165) is 22.0 Å². The van der Waals surface area contributed by atoms with E-state index in [9.17, 15) is 13.2 Å². The van der Waals surface area contributed by atoms with Crippen LogP contribution in [0.25, 0.3) is 10.9 Å². The van der Waals surface area contributed by atoms with E-state index in [2.05, 4.69) is 21.1 Å². The summed E-state index contributed by atoms with van der Waals surface area (Å²) in [6, 6.07) is 23.9. The number of hydrogen-bond acceptors (Lipinski definition) is 3. The number of fused-ring (bicyclic) bond motifs is 1. The van der Waals surface area contributed by atoms with Crippen molar-refractivity contribution in [3.05, 3.63) is 102 Å². The normalized spacial score (nSPS) is 12.7. The monoisotopic (exact) mass is 461 g/mol. The molecule has 4 aromatic rings. The molecule has 7 heteroatoms. The van der Waals surface area contributed by atoms with Crippen molar-refractivity contribution in [3.8, 4) is 0 Å². The van der Waals surface area contributed by atoms with Gasteiger partial charge in [-0.25, -0.2) is 13.1 Å². The zero-order valence-corrected chi connectivity index (χ0v) is 19.4. The zero-order valence-electron chi connectivity index (χ0n) is 18.6. The molecule has 3 N–H and O–H groups in total. The van der Waals surface area contributed by atoms with Gasteiger partial charge in [-0.15, -0.1) is 0 Å². The fourth-order valence-electron chi connectivity index (χ4n) is 3.95. The number of aromatic amines is 1. The van der Waals surface area contributed by atoms with Crippen LogP contribution in [0.3, 0.4) is 0 Å². The molecule has 0 spiro atoms. The van der Waals surface area contributed by atoms with Gasteiger partial charge < -0.3 is 10.3 Å². The molecule has 33 heavy (non-hydrogen) atoms. The second kappa shape index (κ2) is 9.60. The SMILES string of the molecule is CC(C)NS(=O)(=O)c1cccc(C(=O)NCC(c2ccccc2)c2c[nH]c3ccccc23)c1. The number of rotatable bonds is 8. The van der Waals surface area contributed by atoms with Crippen LogP contribution in [0.4, 0.5) is 0 Å². The van der Waals surface area contributed by atoms with Gasteiger partial charge in [-0.1, -0.05) is 54.6 Å². The molecular formula is C26H27N3O3S. The van der Waals surface area contributed by atoms with Gasteiger partial charge in [-0.05, 0) is 49.2 Å². The van der Waals surface area contributed by atoms with Gasteiger partial charge in [0.1, 0.15) is 0 Å². The van der Waals surface area contributed by atoms with Gasteiger partial charge in [-0.2, -0.15) is 0 Å². The molecule has 0 aliphatic carbocycles. The number of aromatic nitrogens is 1. The molecular weight excluding hydrogens is 434 g/mol. The first-order valence-corrected chi connectivity index (χ1v) is 12.3. The van der Waals surface area contributed by atoms with E-state index in [4.69, 9.17) is 0 Å². The average molecular weight is 462 g/mol. The van der Waals surface area contributed by atoms with E-state index >= 15 is 0 Å². The Morgan fingerprint density at radius 3 is 2.42 bits per heavy atom. The van der Waals surface area contributed by atoms with Gasteiger partial charge in [0.15, 0.2) is 0 Å². The predicted molar refractivity (Wildman–Crippen MR) is 131 cm³/mol. The van der Waals surface area contributed by atoms with Crippen molar-refractivity contribution < 1.29 is 13.2 Å². The molecule has 6 nitrogen and oxygen atoms in total. The summed E-state index contributed by atoms with van der Waals surface area (Å²) in [5, 5.41) is 4.11. The summed E-state index contributed by atoms with van der Waals surface area (Å²) in [6.07, 6.45) is 1.99. The first-order valence-electron chi connectivity index (χ1n) is 10.9. The third kappa shape index (κ3) is 5.16. The summed E-state index contributed by atoms with van der Waals surface area (Å²) < 4.78 is 27.6. The van der Waals surface area contributed by atoms with E-state index in [0.29, 0.717) is 12.1 Å². The summed E-state index contributed by atoms with van der Waals surface area (Å²) in [4.78, 5) is 16.4. The van der Waals surface area contributed by atoms with Crippen LogP contribution < -0.4 is 10.0 Å². The number of hydrogen-bond donors (Lipinski definition) is 3. The molecule has 1 aromatic heterocycles.